The van der Waals surface area contributed by atoms with Crippen LogP contribution in [0.3, 0.4) is 0 Å². The van der Waals surface area contributed by atoms with Crippen molar-refractivity contribution in [3.8, 4) is 17.8 Å². The molecule has 13 nitrogen and oxygen atoms in total. The Morgan fingerprint density at radius 3 is 2.64 bits per heavy atom. The van der Waals surface area contributed by atoms with E-state index in [4.69, 9.17) is 9.47 Å². The van der Waals surface area contributed by atoms with Crippen LogP contribution in [0.15, 0.2) is 53.6 Å². The summed E-state index contributed by atoms with van der Waals surface area (Å²) in [6.07, 6.45) is 2.79. The SMILES string of the molecule is CCc1cc(OCCO)c(F)c(C(Nc2ccc(C#N)c(CNC(=O)OC(C)(C)C)c2)c2nn(-c3ncccn3)c(=O)[nH]2)c1. The third-order valence-corrected chi connectivity index (χ3v) is 6.20. The number of carbonyl (C=O) groups excluding carboxylic acids is 1. The van der Waals surface area contributed by atoms with Gasteiger partial charge in [0.25, 0.3) is 5.95 Å². The molecule has 0 aliphatic carbocycles. The molecule has 44 heavy (non-hydrogen) atoms. The van der Waals surface area contributed by atoms with Crippen LogP contribution in [0.4, 0.5) is 14.9 Å². The molecule has 4 N–H and O–H groups in total. The Kier molecular flexibility index (Phi) is 9.92. The number of carbonyl (C=O) groups is 1. The number of nitrogens with one attached hydrogen (secondary N) is 3. The van der Waals surface area contributed by atoms with Gasteiger partial charge in [-0.2, -0.15) is 5.26 Å². The number of H-pyrrole nitrogens is 1. The first kappa shape index (κ1) is 31.6. The van der Waals surface area contributed by atoms with Crippen LogP contribution in [0, 0.1) is 17.1 Å². The van der Waals surface area contributed by atoms with Crippen LogP contribution >= 0.6 is 0 Å². The molecular formula is C30H33FN8O5. The highest BCUT2D eigenvalue weighted by molar-refractivity contribution is 5.68. The van der Waals surface area contributed by atoms with Crippen LogP contribution in [0.2, 0.25) is 0 Å². The van der Waals surface area contributed by atoms with Crippen molar-refractivity contribution in [3.05, 3.63) is 93.2 Å². The number of ether oxygens (including phenoxy) is 2. The standard InChI is InChI=1S/C30H33FN8O5/c1-5-18-13-22(24(31)23(14-18)43-12-11-40)25(26-37-28(41)39(38-26)27-33-9-6-10-34-27)36-21-8-7-19(16-32)20(15-21)17-35-29(42)44-30(2,3)4/h6-10,13-15,25,36,40H,5,11-12,17H2,1-4H3,(H,35,42)(H,37,38,41). The Morgan fingerprint density at radius 2 is 1.98 bits per heavy atom. The van der Waals surface area contributed by atoms with E-state index in [0.29, 0.717) is 23.2 Å². The number of hydrogen-bond donors (Lipinski definition) is 4. The molecule has 0 saturated heterocycles. The van der Waals surface area contributed by atoms with Crippen molar-refractivity contribution < 1.29 is 23.8 Å². The highest BCUT2D eigenvalue weighted by atomic mass is 19.1. The molecule has 2 heterocycles. The van der Waals surface area contributed by atoms with E-state index in [-0.39, 0.29) is 42.8 Å². The van der Waals surface area contributed by atoms with Gasteiger partial charge in [0.05, 0.1) is 18.2 Å². The molecule has 0 fully saturated rings. The van der Waals surface area contributed by atoms with Gasteiger partial charge < -0.3 is 25.2 Å². The average molecular weight is 605 g/mol. The topological polar surface area (TPSA) is 180 Å². The zero-order valence-electron chi connectivity index (χ0n) is 24.7. The van der Waals surface area contributed by atoms with E-state index in [1.165, 1.54) is 12.4 Å². The van der Waals surface area contributed by atoms with E-state index in [1.807, 2.05) is 6.92 Å². The van der Waals surface area contributed by atoms with Gasteiger partial charge in [-0.05, 0) is 68.7 Å². The zero-order chi connectivity index (χ0) is 31.9. The number of aryl methyl sites for hydroxylation is 1. The minimum Gasteiger partial charge on any atom is -0.488 e. The Balaban J connectivity index is 1.78. The lowest BCUT2D eigenvalue weighted by Gasteiger charge is -2.22. The summed E-state index contributed by atoms with van der Waals surface area (Å²) in [4.78, 5) is 36.0. The van der Waals surface area contributed by atoms with Gasteiger partial charge in [-0.15, -0.1) is 9.78 Å². The van der Waals surface area contributed by atoms with E-state index in [0.717, 1.165) is 10.2 Å². The Bertz CT molecular complexity index is 1710. The van der Waals surface area contributed by atoms with E-state index in [2.05, 4.69) is 36.8 Å². The summed E-state index contributed by atoms with van der Waals surface area (Å²) in [5, 5.41) is 29.2. The largest absolute Gasteiger partial charge is 0.488 e. The average Bonchev–Trinajstić information content (AvgIpc) is 3.39. The highest BCUT2D eigenvalue weighted by Gasteiger charge is 2.27. The molecule has 0 saturated carbocycles. The zero-order valence-corrected chi connectivity index (χ0v) is 24.7. The van der Waals surface area contributed by atoms with E-state index < -0.39 is 29.2 Å². The maximum atomic E-state index is 16.0. The summed E-state index contributed by atoms with van der Waals surface area (Å²) >= 11 is 0. The molecule has 2 aromatic carbocycles. The Labute approximate surface area is 252 Å². The number of nitriles is 1. The molecule has 4 rings (SSSR count). The molecule has 4 aromatic rings. The number of rotatable bonds is 11. The van der Waals surface area contributed by atoms with Crippen LogP contribution in [0.25, 0.3) is 5.95 Å². The van der Waals surface area contributed by atoms with Gasteiger partial charge in [-0.3, -0.25) is 4.98 Å². The van der Waals surface area contributed by atoms with Crippen molar-refractivity contribution >= 4 is 11.8 Å². The van der Waals surface area contributed by atoms with Crippen molar-refractivity contribution in [2.24, 2.45) is 0 Å². The molecule has 1 amide bonds. The molecule has 0 radical (unpaired) electrons. The fourth-order valence-electron chi connectivity index (χ4n) is 4.24. The van der Waals surface area contributed by atoms with Gasteiger partial charge in [0.1, 0.15) is 18.2 Å². The van der Waals surface area contributed by atoms with Crippen molar-refractivity contribution in [1.29, 1.82) is 5.26 Å². The van der Waals surface area contributed by atoms with E-state index in [9.17, 15) is 20.0 Å². The second kappa shape index (κ2) is 13.8. The van der Waals surface area contributed by atoms with Crippen LogP contribution in [0.1, 0.15) is 61.8 Å². The van der Waals surface area contributed by atoms with Gasteiger partial charge in [-0.25, -0.2) is 23.9 Å². The molecular weight excluding hydrogens is 571 g/mol. The summed E-state index contributed by atoms with van der Waals surface area (Å²) < 4.78 is 27.8. The van der Waals surface area contributed by atoms with Gasteiger partial charge in [-0.1, -0.05) is 13.0 Å². The number of nitrogens with zero attached hydrogens (tertiary/aromatic N) is 5. The molecule has 14 heteroatoms. The number of alkyl carbamates (subject to hydrolysis) is 1. The van der Waals surface area contributed by atoms with Gasteiger partial charge >= 0.3 is 11.8 Å². The first-order valence-electron chi connectivity index (χ1n) is 13.8. The summed E-state index contributed by atoms with van der Waals surface area (Å²) in [6.45, 7) is 6.65. The molecule has 0 spiro atoms. The summed E-state index contributed by atoms with van der Waals surface area (Å²) in [7, 11) is 0. The Hall–Kier alpha value is -5.29. The smallest absolute Gasteiger partial charge is 0.407 e. The molecule has 1 unspecified atom stereocenters. The third-order valence-electron chi connectivity index (χ3n) is 6.20. The lowest BCUT2D eigenvalue weighted by molar-refractivity contribution is 0.0523. The predicted molar refractivity (Wildman–Crippen MR) is 158 cm³/mol. The van der Waals surface area contributed by atoms with Gasteiger partial charge in [0.15, 0.2) is 17.4 Å². The lowest BCUT2D eigenvalue weighted by Crippen LogP contribution is -2.32. The number of aliphatic hydroxyl groups excluding tert-OH is 1. The van der Waals surface area contributed by atoms with Crippen LogP contribution < -0.4 is 21.1 Å². The monoisotopic (exact) mass is 604 g/mol. The summed E-state index contributed by atoms with van der Waals surface area (Å²) in [5.41, 5.74) is 0.681. The molecule has 0 bridgehead atoms. The minimum absolute atomic E-state index is 0.0161. The fraction of sp³-hybridized carbons (Fsp3) is 0.333. The van der Waals surface area contributed by atoms with E-state index in [1.54, 1.807) is 57.2 Å². The van der Waals surface area contributed by atoms with Gasteiger partial charge in [0.2, 0.25) is 0 Å². The second-order valence-corrected chi connectivity index (χ2v) is 10.6. The number of aromatic amines is 1. The quantitative estimate of drug-likeness (QED) is 0.198. The number of halogens is 1. The van der Waals surface area contributed by atoms with Crippen molar-refractivity contribution in [1.82, 2.24) is 30.0 Å². The van der Waals surface area contributed by atoms with Crippen molar-refractivity contribution in [2.75, 3.05) is 18.5 Å². The maximum absolute atomic E-state index is 16.0. The number of anilines is 1. The molecule has 2 aromatic heterocycles. The normalized spacial score (nSPS) is 11.8. The second-order valence-electron chi connectivity index (χ2n) is 10.6. The number of aliphatic hydroxyl groups is 1. The first-order chi connectivity index (χ1) is 21.0. The minimum atomic E-state index is -1.07. The number of aromatic nitrogens is 5. The third kappa shape index (κ3) is 7.75. The van der Waals surface area contributed by atoms with Crippen molar-refractivity contribution in [2.45, 2.75) is 52.3 Å². The van der Waals surface area contributed by atoms with Crippen LogP contribution in [0.5, 0.6) is 5.75 Å². The fourth-order valence-corrected chi connectivity index (χ4v) is 4.24. The number of hydrogen-bond acceptors (Lipinski definition) is 10. The maximum Gasteiger partial charge on any atom is 0.407 e. The van der Waals surface area contributed by atoms with Crippen LogP contribution in [-0.2, 0) is 17.7 Å². The van der Waals surface area contributed by atoms with E-state index >= 15 is 4.39 Å². The molecule has 0 aliphatic heterocycles. The molecule has 0 aliphatic rings. The highest BCUT2D eigenvalue weighted by Crippen LogP contribution is 2.33. The first-order valence-corrected chi connectivity index (χ1v) is 13.8. The Morgan fingerprint density at radius 1 is 1.23 bits per heavy atom. The van der Waals surface area contributed by atoms with Crippen molar-refractivity contribution in [3.63, 3.8) is 0 Å². The predicted octanol–water partition coefficient (Wildman–Crippen LogP) is 3.52. The number of benzene rings is 2. The number of amides is 1. The molecule has 1 atom stereocenters. The molecule has 230 valence electrons. The van der Waals surface area contributed by atoms with Gasteiger partial charge in [0, 0.05) is 30.2 Å². The summed E-state index contributed by atoms with van der Waals surface area (Å²) in [6, 6.07) is 10.6. The lowest BCUT2D eigenvalue weighted by atomic mass is 9.99. The van der Waals surface area contributed by atoms with Crippen LogP contribution in [-0.4, -0.2) is 54.7 Å². The summed E-state index contributed by atoms with van der Waals surface area (Å²) in [5.74, 6) is -0.738.